The zero-order valence-electron chi connectivity index (χ0n) is 21.4. The van der Waals surface area contributed by atoms with Crippen molar-refractivity contribution in [1.29, 1.82) is 0 Å². The molecule has 0 bridgehead atoms. The van der Waals surface area contributed by atoms with Gasteiger partial charge in [0.2, 0.25) is 16.9 Å². The standard InChI is InChI=1S/C27H29FN4O4S/c1-27(2)12-18-22(19(33)13-27)23(16-10-20(34-3)24(36-5)21(11-16)35-4)32-25(29-18)30-26(31-32)37-14-15-8-6-7-9-17(15)28/h6-11,23H,12-14H2,1-5H3,(H,29,30,31)/t23-/m0/s1. The second kappa shape index (κ2) is 9.74. The molecule has 37 heavy (non-hydrogen) atoms. The van der Waals surface area contributed by atoms with Crippen LogP contribution in [0.1, 0.15) is 43.9 Å². The van der Waals surface area contributed by atoms with Gasteiger partial charge in [-0.05, 0) is 41.2 Å². The lowest BCUT2D eigenvalue weighted by atomic mass is 9.73. The Labute approximate surface area is 219 Å². The lowest BCUT2D eigenvalue weighted by Gasteiger charge is -2.38. The molecule has 1 aliphatic carbocycles. The van der Waals surface area contributed by atoms with Gasteiger partial charge in [0.15, 0.2) is 17.3 Å². The number of nitrogens with one attached hydrogen (secondary N) is 1. The molecule has 8 nitrogen and oxygen atoms in total. The van der Waals surface area contributed by atoms with Crippen molar-refractivity contribution in [2.24, 2.45) is 5.41 Å². The lowest BCUT2D eigenvalue weighted by Crippen LogP contribution is -2.36. The Hall–Kier alpha value is -3.53. The zero-order chi connectivity index (χ0) is 26.3. The first kappa shape index (κ1) is 25.1. The minimum atomic E-state index is -0.543. The van der Waals surface area contributed by atoms with Crippen molar-refractivity contribution < 1.29 is 23.4 Å². The van der Waals surface area contributed by atoms with Crippen molar-refractivity contribution in [3.05, 3.63) is 64.6 Å². The number of ether oxygens (including phenoxy) is 3. The number of fused-ring (bicyclic) bond motifs is 1. The summed E-state index contributed by atoms with van der Waals surface area (Å²) in [6.45, 7) is 4.17. The van der Waals surface area contributed by atoms with Crippen LogP contribution in [0, 0.1) is 11.2 Å². The van der Waals surface area contributed by atoms with Crippen molar-refractivity contribution in [3.8, 4) is 17.2 Å². The number of thioether (sulfide) groups is 1. The maximum absolute atomic E-state index is 14.2. The van der Waals surface area contributed by atoms with Gasteiger partial charge in [-0.1, -0.05) is 43.8 Å². The maximum atomic E-state index is 14.2. The van der Waals surface area contributed by atoms with Crippen LogP contribution in [0.25, 0.3) is 0 Å². The van der Waals surface area contributed by atoms with Gasteiger partial charge in [-0.3, -0.25) is 4.79 Å². The summed E-state index contributed by atoms with van der Waals surface area (Å²) >= 11 is 1.34. The van der Waals surface area contributed by atoms with Crippen molar-refractivity contribution in [2.75, 3.05) is 26.6 Å². The molecule has 0 amide bonds. The Kier molecular flexibility index (Phi) is 6.61. The molecule has 5 rings (SSSR count). The number of allylic oxidation sites excluding steroid dienone is 2. The Morgan fingerprint density at radius 2 is 1.81 bits per heavy atom. The van der Waals surface area contributed by atoms with Crippen LogP contribution in [0.3, 0.4) is 0 Å². The third-order valence-electron chi connectivity index (χ3n) is 6.63. The predicted octanol–water partition coefficient (Wildman–Crippen LogP) is 5.39. The number of hydrogen-bond donors (Lipinski definition) is 1. The van der Waals surface area contributed by atoms with Crippen LogP contribution in [0.4, 0.5) is 10.3 Å². The summed E-state index contributed by atoms with van der Waals surface area (Å²) in [6.07, 6.45) is 1.12. The fraction of sp³-hybridized carbons (Fsp3) is 0.370. The third kappa shape index (κ3) is 4.66. The number of carbonyl (C=O) groups excluding carboxylic acids is 1. The predicted molar refractivity (Wildman–Crippen MR) is 139 cm³/mol. The molecule has 2 aromatic carbocycles. The summed E-state index contributed by atoms with van der Waals surface area (Å²) in [4.78, 5) is 18.2. The van der Waals surface area contributed by atoms with Gasteiger partial charge in [-0.25, -0.2) is 9.07 Å². The van der Waals surface area contributed by atoms with Crippen LogP contribution in [0.15, 0.2) is 52.8 Å². The quantitative estimate of drug-likeness (QED) is 0.412. The van der Waals surface area contributed by atoms with Crippen LogP contribution < -0.4 is 19.5 Å². The molecule has 1 N–H and O–H groups in total. The summed E-state index contributed by atoms with van der Waals surface area (Å²) < 4.78 is 32.6. The number of nitrogens with zero attached hydrogens (tertiary/aromatic N) is 3. The van der Waals surface area contributed by atoms with Gasteiger partial charge in [-0.2, -0.15) is 4.98 Å². The number of aromatic nitrogens is 3. The van der Waals surface area contributed by atoms with Crippen LogP contribution in [-0.2, 0) is 10.5 Å². The highest BCUT2D eigenvalue weighted by Gasteiger charge is 2.42. The number of ketones is 1. The first-order valence-electron chi connectivity index (χ1n) is 11.9. The average Bonchev–Trinajstić information content (AvgIpc) is 3.27. The molecule has 0 fully saturated rings. The fourth-order valence-corrected chi connectivity index (χ4v) is 5.79. The summed E-state index contributed by atoms with van der Waals surface area (Å²) in [5, 5.41) is 8.60. The zero-order valence-corrected chi connectivity index (χ0v) is 22.2. The molecular formula is C27H29FN4O4S. The first-order chi connectivity index (χ1) is 17.7. The van der Waals surface area contributed by atoms with E-state index in [-0.39, 0.29) is 17.0 Å². The monoisotopic (exact) mass is 524 g/mol. The topological polar surface area (TPSA) is 87.5 Å². The SMILES string of the molecule is COc1cc([C@H]2C3=C(CC(C)(C)CC3=O)Nc3nc(SCc4ccccc4F)nn32)cc(OC)c1OC. The highest BCUT2D eigenvalue weighted by Crippen LogP contribution is 2.48. The highest BCUT2D eigenvalue weighted by atomic mass is 32.2. The number of anilines is 1. The second-order valence-corrected chi connectivity index (χ2v) is 10.8. The molecule has 0 saturated carbocycles. The van der Waals surface area contributed by atoms with E-state index >= 15 is 0 Å². The van der Waals surface area contributed by atoms with Crippen LogP contribution in [0.2, 0.25) is 0 Å². The lowest BCUT2D eigenvalue weighted by molar-refractivity contribution is -0.118. The highest BCUT2D eigenvalue weighted by molar-refractivity contribution is 7.98. The van der Waals surface area contributed by atoms with Gasteiger partial charge >= 0.3 is 0 Å². The molecule has 2 aliphatic rings. The van der Waals surface area contributed by atoms with Crippen molar-refractivity contribution in [2.45, 2.75) is 43.6 Å². The van der Waals surface area contributed by atoms with E-state index in [1.165, 1.54) is 17.8 Å². The molecule has 1 atom stereocenters. The molecule has 0 spiro atoms. The molecule has 194 valence electrons. The molecular weight excluding hydrogens is 495 g/mol. The fourth-order valence-electron chi connectivity index (χ4n) is 4.98. The van der Waals surface area contributed by atoms with Gasteiger partial charge in [0, 0.05) is 23.4 Å². The third-order valence-corrected chi connectivity index (χ3v) is 7.52. The van der Waals surface area contributed by atoms with E-state index in [2.05, 4.69) is 19.2 Å². The molecule has 0 unspecified atom stereocenters. The minimum Gasteiger partial charge on any atom is -0.493 e. The molecule has 3 aromatic rings. The Morgan fingerprint density at radius 1 is 1.11 bits per heavy atom. The van der Waals surface area contributed by atoms with Gasteiger partial charge in [0.25, 0.3) is 0 Å². The summed E-state index contributed by atoms with van der Waals surface area (Å²) in [7, 11) is 4.66. The van der Waals surface area contributed by atoms with Crippen LogP contribution in [0.5, 0.6) is 17.2 Å². The molecule has 10 heteroatoms. The molecule has 1 aromatic heterocycles. The normalized spacial score (nSPS) is 18.1. The summed E-state index contributed by atoms with van der Waals surface area (Å²) in [6, 6.07) is 9.79. The average molecular weight is 525 g/mol. The van der Waals surface area contributed by atoms with E-state index in [1.54, 1.807) is 44.2 Å². The molecule has 1 aliphatic heterocycles. The van der Waals surface area contributed by atoms with Gasteiger partial charge in [0.05, 0.1) is 21.3 Å². The minimum absolute atomic E-state index is 0.0548. The largest absolute Gasteiger partial charge is 0.493 e. The number of Topliss-reactive ketones (excluding diaryl/α,β-unsaturated/α-hetero) is 1. The smallest absolute Gasteiger partial charge is 0.227 e. The van der Waals surface area contributed by atoms with E-state index < -0.39 is 6.04 Å². The summed E-state index contributed by atoms with van der Waals surface area (Å²) in [5.41, 5.74) is 2.63. The number of benzene rings is 2. The van der Waals surface area contributed by atoms with Crippen LogP contribution >= 0.6 is 11.8 Å². The maximum Gasteiger partial charge on any atom is 0.227 e. The van der Waals surface area contributed by atoms with Crippen LogP contribution in [-0.4, -0.2) is 41.9 Å². The number of hydrogen-bond acceptors (Lipinski definition) is 8. The molecule has 0 radical (unpaired) electrons. The second-order valence-electron chi connectivity index (χ2n) is 9.86. The number of halogens is 1. The van der Waals surface area contributed by atoms with Gasteiger partial charge in [-0.15, -0.1) is 5.10 Å². The Balaban J connectivity index is 1.61. The van der Waals surface area contributed by atoms with E-state index in [1.807, 2.05) is 12.1 Å². The van der Waals surface area contributed by atoms with Crippen molar-refractivity contribution >= 4 is 23.5 Å². The molecule has 0 saturated heterocycles. The number of rotatable bonds is 7. The van der Waals surface area contributed by atoms with E-state index in [9.17, 15) is 9.18 Å². The molecule has 2 heterocycles. The van der Waals surface area contributed by atoms with Gasteiger partial charge in [0.1, 0.15) is 11.9 Å². The van der Waals surface area contributed by atoms with Crippen molar-refractivity contribution in [1.82, 2.24) is 14.8 Å². The van der Waals surface area contributed by atoms with E-state index in [0.29, 0.717) is 58.1 Å². The first-order valence-corrected chi connectivity index (χ1v) is 12.9. The van der Waals surface area contributed by atoms with E-state index in [4.69, 9.17) is 24.3 Å². The Bertz CT molecular complexity index is 1380. The van der Waals surface area contributed by atoms with Gasteiger partial charge < -0.3 is 19.5 Å². The number of methoxy groups -OCH3 is 3. The van der Waals surface area contributed by atoms with Crippen molar-refractivity contribution in [3.63, 3.8) is 0 Å². The number of carbonyl (C=O) groups is 1. The summed E-state index contributed by atoms with van der Waals surface area (Å²) in [5.74, 6) is 2.13. The Morgan fingerprint density at radius 3 is 2.46 bits per heavy atom. The van der Waals surface area contributed by atoms with E-state index in [0.717, 1.165) is 11.3 Å².